The highest BCUT2D eigenvalue weighted by Crippen LogP contribution is 2.35. The predicted octanol–water partition coefficient (Wildman–Crippen LogP) is 5.91. The standard InChI is InChI=1S/C28H25NO5S2/c30-26(31)12-7-15-29-27(32)25(36-28(29)35)17-22-13-14-23(33-18-20-8-3-1-4-9-20)24(16-22)34-19-21-10-5-2-6-11-21/h1-6,8-11,13-14,16-17H,7,12,15,18-19H2,(H,30,31)/b25-17-. The average Bonchev–Trinajstić information content (AvgIpc) is 3.15. The molecule has 184 valence electrons. The van der Waals surface area contributed by atoms with Crippen molar-refractivity contribution in [1.82, 2.24) is 4.90 Å². The van der Waals surface area contributed by atoms with Crippen LogP contribution in [0.3, 0.4) is 0 Å². The van der Waals surface area contributed by atoms with Crippen LogP contribution in [0, 0.1) is 0 Å². The molecular weight excluding hydrogens is 494 g/mol. The number of carbonyl (C=O) groups is 2. The highest BCUT2D eigenvalue weighted by molar-refractivity contribution is 8.26. The van der Waals surface area contributed by atoms with Crippen molar-refractivity contribution in [3.63, 3.8) is 0 Å². The van der Waals surface area contributed by atoms with E-state index in [2.05, 4.69) is 0 Å². The van der Waals surface area contributed by atoms with Gasteiger partial charge in [-0.15, -0.1) is 0 Å². The second-order valence-electron chi connectivity index (χ2n) is 8.09. The van der Waals surface area contributed by atoms with E-state index in [-0.39, 0.29) is 18.9 Å². The third-order valence-corrected chi connectivity index (χ3v) is 6.76. The minimum atomic E-state index is -0.895. The van der Waals surface area contributed by atoms with Crippen LogP contribution < -0.4 is 9.47 Å². The molecule has 0 aromatic heterocycles. The molecule has 0 aliphatic carbocycles. The van der Waals surface area contributed by atoms with E-state index in [4.69, 9.17) is 26.8 Å². The third-order valence-electron chi connectivity index (χ3n) is 5.39. The van der Waals surface area contributed by atoms with Gasteiger partial charge >= 0.3 is 5.97 Å². The number of carbonyl (C=O) groups excluding carboxylic acids is 1. The lowest BCUT2D eigenvalue weighted by atomic mass is 10.1. The number of nitrogens with zero attached hydrogens (tertiary/aromatic N) is 1. The molecule has 1 amide bonds. The van der Waals surface area contributed by atoms with Gasteiger partial charge in [-0.1, -0.05) is 90.7 Å². The molecule has 1 fully saturated rings. The Bertz CT molecular complexity index is 1260. The minimum absolute atomic E-state index is 0.0112. The van der Waals surface area contributed by atoms with Crippen LogP contribution in [0.2, 0.25) is 0 Å². The Kier molecular flexibility index (Phi) is 8.76. The Morgan fingerprint density at radius 3 is 2.14 bits per heavy atom. The number of thiocarbonyl (C=S) groups is 1. The molecule has 1 aliphatic heterocycles. The van der Waals surface area contributed by atoms with Crippen LogP contribution in [0.4, 0.5) is 0 Å². The van der Waals surface area contributed by atoms with Crippen molar-refractivity contribution < 1.29 is 24.2 Å². The molecule has 3 aromatic rings. The highest BCUT2D eigenvalue weighted by atomic mass is 32.2. The zero-order valence-electron chi connectivity index (χ0n) is 19.5. The largest absolute Gasteiger partial charge is 0.485 e. The van der Waals surface area contributed by atoms with Gasteiger partial charge in [-0.2, -0.15) is 0 Å². The van der Waals surface area contributed by atoms with Crippen molar-refractivity contribution in [3.05, 3.63) is 100 Å². The van der Waals surface area contributed by atoms with Gasteiger partial charge in [0.15, 0.2) is 11.5 Å². The van der Waals surface area contributed by atoms with Crippen molar-refractivity contribution in [2.75, 3.05) is 6.54 Å². The van der Waals surface area contributed by atoms with Crippen LogP contribution in [0.1, 0.15) is 29.5 Å². The number of amides is 1. The summed E-state index contributed by atoms with van der Waals surface area (Å²) in [6.45, 7) is 1.06. The summed E-state index contributed by atoms with van der Waals surface area (Å²) < 4.78 is 12.6. The molecule has 1 N–H and O–H groups in total. The molecule has 36 heavy (non-hydrogen) atoms. The van der Waals surface area contributed by atoms with E-state index in [1.54, 1.807) is 6.08 Å². The lowest BCUT2D eigenvalue weighted by Gasteiger charge is -2.14. The summed E-state index contributed by atoms with van der Waals surface area (Å²) in [5.74, 6) is 0.0637. The summed E-state index contributed by atoms with van der Waals surface area (Å²) in [5.41, 5.74) is 2.84. The first-order valence-electron chi connectivity index (χ1n) is 11.4. The Morgan fingerprint density at radius 1 is 0.917 bits per heavy atom. The number of aliphatic carboxylic acids is 1. The number of rotatable bonds is 11. The van der Waals surface area contributed by atoms with Crippen LogP contribution in [-0.4, -0.2) is 32.7 Å². The van der Waals surface area contributed by atoms with Crippen LogP contribution in [0.5, 0.6) is 11.5 Å². The van der Waals surface area contributed by atoms with Crippen molar-refractivity contribution in [3.8, 4) is 11.5 Å². The lowest BCUT2D eigenvalue weighted by Crippen LogP contribution is -2.29. The molecule has 0 spiro atoms. The normalized spacial score (nSPS) is 14.3. The van der Waals surface area contributed by atoms with Crippen LogP contribution >= 0.6 is 24.0 Å². The number of ether oxygens (including phenoxy) is 2. The van der Waals surface area contributed by atoms with Crippen LogP contribution in [-0.2, 0) is 22.8 Å². The molecule has 0 atom stereocenters. The maximum Gasteiger partial charge on any atom is 0.303 e. The van der Waals surface area contributed by atoms with E-state index in [1.807, 2.05) is 78.9 Å². The lowest BCUT2D eigenvalue weighted by molar-refractivity contribution is -0.137. The number of hydrogen-bond donors (Lipinski definition) is 1. The maximum atomic E-state index is 12.9. The van der Waals surface area contributed by atoms with Gasteiger partial charge in [0, 0.05) is 13.0 Å². The van der Waals surface area contributed by atoms with Crippen LogP contribution in [0.25, 0.3) is 6.08 Å². The summed E-state index contributed by atoms with van der Waals surface area (Å²) in [6.07, 6.45) is 2.11. The van der Waals surface area contributed by atoms with Gasteiger partial charge in [0.2, 0.25) is 0 Å². The fraction of sp³-hybridized carbons (Fsp3) is 0.179. The van der Waals surface area contributed by atoms with Gasteiger partial charge in [-0.25, -0.2) is 0 Å². The molecule has 0 unspecified atom stereocenters. The first-order chi connectivity index (χ1) is 17.5. The Balaban J connectivity index is 1.52. The molecular formula is C28H25NO5S2. The second kappa shape index (κ2) is 12.4. The number of carboxylic acids is 1. The number of hydrogen-bond acceptors (Lipinski definition) is 6. The Hall–Kier alpha value is -3.62. The van der Waals surface area contributed by atoms with Crippen LogP contribution in [0.15, 0.2) is 83.8 Å². The van der Waals surface area contributed by atoms with E-state index >= 15 is 0 Å². The maximum absolute atomic E-state index is 12.9. The van der Waals surface area contributed by atoms with Crippen molar-refractivity contribution in [2.45, 2.75) is 26.1 Å². The quantitative estimate of drug-likeness (QED) is 0.249. The molecule has 1 saturated heterocycles. The summed E-state index contributed by atoms with van der Waals surface area (Å²) in [5, 5.41) is 8.86. The summed E-state index contributed by atoms with van der Waals surface area (Å²) in [4.78, 5) is 25.6. The fourth-order valence-corrected chi connectivity index (χ4v) is 4.86. The molecule has 3 aromatic carbocycles. The van der Waals surface area contributed by atoms with Gasteiger partial charge in [-0.05, 0) is 41.3 Å². The van der Waals surface area contributed by atoms with Gasteiger partial charge in [0.05, 0.1) is 4.91 Å². The summed E-state index contributed by atoms with van der Waals surface area (Å²) in [7, 11) is 0. The Labute approximate surface area is 219 Å². The monoisotopic (exact) mass is 519 g/mol. The Morgan fingerprint density at radius 2 is 1.53 bits per heavy atom. The van der Waals surface area contributed by atoms with Gasteiger partial charge in [0.1, 0.15) is 17.5 Å². The molecule has 0 saturated carbocycles. The predicted molar refractivity (Wildman–Crippen MR) is 145 cm³/mol. The average molecular weight is 520 g/mol. The highest BCUT2D eigenvalue weighted by Gasteiger charge is 2.31. The fourth-order valence-electron chi connectivity index (χ4n) is 3.55. The molecule has 1 heterocycles. The topological polar surface area (TPSA) is 76.1 Å². The van der Waals surface area contributed by atoms with Gasteiger partial charge in [-0.3, -0.25) is 14.5 Å². The van der Waals surface area contributed by atoms with E-state index in [0.29, 0.717) is 40.4 Å². The first kappa shape index (κ1) is 25.5. The summed E-state index contributed by atoms with van der Waals surface area (Å²) in [6, 6.07) is 25.3. The molecule has 0 bridgehead atoms. The summed E-state index contributed by atoms with van der Waals surface area (Å²) >= 11 is 6.56. The molecule has 1 aliphatic rings. The minimum Gasteiger partial charge on any atom is -0.485 e. The molecule has 6 nitrogen and oxygen atoms in total. The third kappa shape index (κ3) is 6.96. The van der Waals surface area contributed by atoms with E-state index in [9.17, 15) is 9.59 Å². The smallest absolute Gasteiger partial charge is 0.303 e. The zero-order valence-corrected chi connectivity index (χ0v) is 21.1. The van der Waals surface area contributed by atoms with Crippen molar-refractivity contribution in [2.24, 2.45) is 0 Å². The zero-order chi connectivity index (χ0) is 25.3. The van der Waals surface area contributed by atoms with Gasteiger partial charge < -0.3 is 14.6 Å². The van der Waals surface area contributed by atoms with Crippen molar-refractivity contribution in [1.29, 1.82) is 0 Å². The van der Waals surface area contributed by atoms with E-state index in [0.717, 1.165) is 16.7 Å². The second-order valence-corrected chi connectivity index (χ2v) is 9.76. The first-order valence-corrected chi connectivity index (χ1v) is 12.7. The number of thioether (sulfide) groups is 1. The number of carboxylic acid groups (broad SMARTS) is 1. The van der Waals surface area contributed by atoms with Gasteiger partial charge in [0.25, 0.3) is 5.91 Å². The van der Waals surface area contributed by atoms with Crippen molar-refractivity contribution >= 4 is 46.3 Å². The molecule has 4 rings (SSSR count). The molecule has 0 radical (unpaired) electrons. The van der Waals surface area contributed by atoms with E-state index in [1.165, 1.54) is 16.7 Å². The molecule has 8 heteroatoms. The SMILES string of the molecule is O=C(O)CCCN1C(=O)/C(=C/c2ccc(OCc3ccccc3)c(OCc3ccccc3)c2)SC1=S. The number of benzene rings is 3. The van der Waals surface area contributed by atoms with E-state index < -0.39 is 5.97 Å².